The molecule has 4 rings (SSSR count). The predicted molar refractivity (Wildman–Crippen MR) is 122 cm³/mol. The molecule has 1 fully saturated rings. The topological polar surface area (TPSA) is 77.7 Å². The van der Waals surface area contributed by atoms with Crippen LogP contribution in [0.5, 0.6) is 5.75 Å². The molecule has 0 aliphatic carbocycles. The van der Waals surface area contributed by atoms with E-state index in [4.69, 9.17) is 4.42 Å². The van der Waals surface area contributed by atoms with Crippen molar-refractivity contribution in [1.82, 2.24) is 14.9 Å². The van der Waals surface area contributed by atoms with E-state index >= 15 is 0 Å². The second kappa shape index (κ2) is 8.74. The number of anilines is 2. The number of aryl methyl sites for hydroxylation is 1. The minimum absolute atomic E-state index is 0.204. The van der Waals surface area contributed by atoms with Crippen LogP contribution in [0.15, 0.2) is 22.6 Å². The van der Waals surface area contributed by atoms with Gasteiger partial charge in [-0.2, -0.15) is 18.2 Å². The van der Waals surface area contributed by atoms with Gasteiger partial charge < -0.3 is 24.6 Å². The van der Waals surface area contributed by atoms with E-state index in [9.17, 15) is 18.3 Å². The number of fused-ring (bicyclic) bond motifs is 1. The molecule has 1 aliphatic heterocycles. The normalized spacial score (nSPS) is 17.5. The number of benzene rings is 1. The Balaban J connectivity index is 1.74. The van der Waals surface area contributed by atoms with Gasteiger partial charge >= 0.3 is 6.18 Å². The lowest BCUT2D eigenvalue weighted by molar-refractivity contribution is -0.137. The standard InChI is InChI=1S/C23H28F3N5O2/c1-5-31-8-6-7-15(12-31)27-22-29-21-20(33-22)17(30(3)4)11-16(28-21)19-13(2)9-14(10-18(19)32)23(24,25)26/h9-11,15,32H,5-8,12H2,1-4H3,(H,27,28,29)/t15-/m1/s1. The number of nitrogens with zero attached hydrogens (tertiary/aromatic N) is 4. The van der Waals surface area contributed by atoms with Crippen molar-refractivity contribution in [2.75, 3.05) is 43.9 Å². The molecule has 1 aliphatic rings. The molecule has 2 aromatic heterocycles. The van der Waals surface area contributed by atoms with E-state index in [1.54, 1.807) is 6.07 Å². The van der Waals surface area contributed by atoms with Gasteiger partial charge in [-0.25, -0.2) is 4.98 Å². The van der Waals surface area contributed by atoms with Crippen LogP contribution in [0, 0.1) is 6.92 Å². The number of hydrogen-bond acceptors (Lipinski definition) is 7. The Labute approximate surface area is 190 Å². The fourth-order valence-electron chi connectivity index (χ4n) is 4.32. The number of aromatic hydroxyl groups is 1. The van der Waals surface area contributed by atoms with Crippen LogP contribution < -0.4 is 10.2 Å². The van der Waals surface area contributed by atoms with Crippen molar-refractivity contribution < 1.29 is 22.7 Å². The quantitative estimate of drug-likeness (QED) is 0.558. The van der Waals surface area contributed by atoms with Gasteiger partial charge in [0.25, 0.3) is 6.01 Å². The summed E-state index contributed by atoms with van der Waals surface area (Å²) in [5, 5.41) is 13.8. The van der Waals surface area contributed by atoms with Crippen LogP contribution in [0.25, 0.3) is 22.5 Å². The second-order valence-electron chi connectivity index (χ2n) is 8.65. The number of hydrogen-bond donors (Lipinski definition) is 2. The second-order valence-corrected chi connectivity index (χ2v) is 8.65. The first-order valence-corrected chi connectivity index (χ1v) is 11.0. The van der Waals surface area contributed by atoms with Gasteiger partial charge in [-0.05, 0) is 56.6 Å². The lowest BCUT2D eigenvalue weighted by Crippen LogP contribution is -2.41. The van der Waals surface area contributed by atoms with E-state index in [2.05, 4.69) is 27.1 Å². The number of piperidine rings is 1. The van der Waals surface area contributed by atoms with Gasteiger partial charge in [0.1, 0.15) is 5.75 Å². The van der Waals surface area contributed by atoms with E-state index in [0.717, 1.165) is 44.6 Å². The summed E-state index contributed by atoms with van der Waals surface area (Å²) in [6.45, 7) is 6.61. The van der Waals surface area contributed by atoms with E-state index in [0.29, 0.717) is 28.6 Å². The highest BCUT2D eigenvalue weighted by Gasteiger charge is 2.32. The number of oxazole rings is 1. The van der Waals surface area contributed by atoms with Crippen LogP contribution in [0.4, 0.5) is 24.9 Å². The summed E-state index contributed by atoms with van der Waals surface area (Å²) >= 11 is 0. The maximum atomic E-state index is 13.1. The highest BCUT2D eigenvalue weighted by atomic mass is 19.4. The molecule has 0 unspecified atom stereocenters. The number of aromatic nitrogens is 2. The zero-order valence-corrected chi connectivity index (χ0v) is 19.1. The van der Waals surface area contributed by atoms with Crippen molar-refractivity contribution in [3.8, 4) is 17.0 Å². The zero-order chi connectivity index (χ0) is 23.9. The Hall–Kier alpha value is -3.01. The van der Waals surface area contributed by atoms with Crippen LogP contribution in [-0.4, -0.2) is 59.7 Å². The third-order valence-corrected chi connectivity index (χ3v) is 6.00. The van der Waals surface area contributed by atoms with Crippen LogP contribution in [0.2, 0.25) is 0 Å². The number of alkyl halides is 3. The molecule has 3 heterocycles. The largest absolute Gasteiger partial charge is 0.507 e. The Kier molecular flexibility index (Phi) is 6.13. The van der Waals surface area contributed by atoms with Gasteiger partial charge in [0, 0.05) is 32.2 Å². The first-order valence-electron chi connectivity index (χ1n) is 11.0. The summed E-state index contributed by atoms with van der Waals surface area (Å²) < 4.78 is 45.4. The van der Waals surface area contributed by atoms with E-state index in [1.165, 1.54) is 6.92 Å². The Morgan fingerprint density at radius 2 is 2.00 bits per heavy atom. The lowest BCUT2D eigenvalue weighted by atomic mass is 10.00. The molecule has 1 aromatic carbocycles. The van der Waals surface area contributed by atoms with Gasteiger partial charge in [0.2, 0.25) is 5.65 Å². The lowest BCUT2D eigenvalue weighted by Gasteiger charge is -2.31. The van der Waals surface area contributed by atoms with Crippen LogP contribution in [0.1, 0.15) is 30.9 Å². The molecule has 0 spiro atoms. The zero-order valence-electron chi connectivity index (χ0n) is 19.1. The molecular formula is C23H28F3N5O2. The number of pyridine rings is 1. The van der Waals surface area contributed by atoms with Crippen LogP contribution in [-0.2, 0) is 6.18 Å². The van der Waals surface area contributed by atoms with Crippen LogP contribution >= 0.6 is 0 Å². The first-order chi connectivity index (χ1) is 15.6. The van der Waals surface area contributed by atoms with Crippen molar-refractivity contribution in [3.63, 3.8) is 0 Å². The average molecular weight is 464 g/mol. The van der Waals surface area contributed by atoms with Crippen molar-refractivity contribution in [2.45, 2.75) is 38.9 Å². The SMILES string of the molecule is CCN1CCC[C@@H](Nc2nc3nc(-c4c(C)cc(C(F)(F)F)cc4O)cc(N(C)C)c3o2)C1. The molecule has 0 saturated carbocycles. The number of likely N-dealkylation sites (N-methyl/N-ethyl adjacent to an activating group) is 1. The van der Waals surface area contributed by atoms with E-state index in [1.807, 2.05) is 19.0 Å². The summed E-state index contributed by atoms with van der Waals surface area (Å²) in [6, 6.07) is 3.98. The molecule has 1 saturated heterocycles. The van der Waals surface area contributed by atoms with Gasteiger partial charge in [0.15, 0.2) is 5.58 Å². The fourth-order valence-corrected chi connectivity index (χ4v) is 4.32. The molecule has 0 bridgehead atoms. The number of likely N-dealkylation sites (tertiary alicyclic amines) is 1. The van der Waals surface area contributed by atoms with E-state index in [-0.39, 0.29) is 17.2 Å². The molecule has 2 N–H and O–H groups in total. The summed E-state index contributed by atoms with van der Waals surface area (Å²) in [5.74, 6) is -0.484. The van der Waals surface area contributed by atoms with Gasteiger partial charge in [-0.15, -0.1) is 0 Å². The van der Waals surface area contributed by atoms with Gasteiger partial charge in [0.05, 0.1) is 16.9 Å². The molecule has 33 heavy (non-hydrogen) atoms. The molecule has 3 aromatic rings. The predicted octanol–water partition coefficient (Wildman–Crippen LogP) is 4.88. The van der Waals surface area contributed by atoms with Crippen molar-refractivity contribution in [3.05, 3.63) is 29.3 Å². The maximum Gasteiger partial charge on any atom is 0.416 e. The number of halogens is 3. The minimum atomic E-state index is -4.55. The molecular weight excluding hydrogens is 435 g/mol. The summed E-state index contributed by atoms with van der Waals surface area (Å²) in [7, 11) is 3.65. The number of phenols is 1. The van der Waals surface area contributed by atoms with Crippen molar-refractivity contribution >= 4 is 22.9 Å². The number of phenolic OH excluding ortho intramolecular Hbond substituents is 1. The highest BCUT2D eigenvalue weighted by Crippen LogP contribution is 2.40. The Bertz CT molecular complexity index is 1140. The monoisotopic (exact) mass is 463 g/mol. The molecule has 178 valence electrons. The maximum absolute atomic E-state index is 13.1. The third kappa shape index (κ3) is 4.71. The molecule has 10 heteroatoms. The molecule has 0 radical (unpaired) electrons. The highest BCUT2D eigenvalue weighted by molar-refractivity contribution is 5.89. The summed E-state index contributed by atoms with van der Waals surface area (Å²) in [4.78, 5) is 13.2. The summed E-state index contributed by atoms with van der Waals surface area (Å²) in [6.07, 6.45) is -2.46. The molecule has 1 atom stereocenters. The Morgan fingerprint density at radius 1 is 1.24 bits per heavy atom. The Morgan fingerprint density at radius 3 is 2.64 bits per heavy atom. The van der Waals surface area contributed by atoms with Gasteiger partial charge in [-0.3, -0.25) is 0 Å². The summed E-state index contributed by atoms with van der Waals surface area (Å²) in [5.41, 5.74) is 1.37. The first kappa shape index (κ1) is 23.2. The van der Waals surface area contributed by atoms with Crippen LogP contribution in [0.3, 0.4) is 0 Å². The fraction of sp³-hybridized carbons (Fsp3) is 0.478. The smallest absolute Gasteiger partial charge is 0.416 e. The number of nitrogens with one attached hydrogen (secondary N) is 1. The van der Waals surface area contributed by atoms with Crippen molar-refractivity contribution in [2.24, 2.45) is 0 Å². The molecule has 0 amide bonds. The minimum Gasteiger partial charge on any atom is -0.507 e. The average Bonchev–Trinajstić information content (AvgIpc) is 3.14. The third-order valence-electron chi connectivity index (χ3n) is 6.00. The van der Waals surface area contributed by atoms with E-state index < -0.39 is 17.5 Å². The van der Waals surface area contributed by atoms with Gasteiger partial charge in [-0.1, -0.05) is 6.92 Å². The molecule has 7 nitrogen and oxygen atoms in total. The number of rotatable bonds is 5. The van der Waals surface area contributed by atoms with Crippen molar-refractivity contribution in [1.29, 1.82) is 0 Å².